The fraction of sp³-hybridized carbons (Fsp3) is 1.00. The SMILES string of the molecule is NCC1C(CCO)C2CCCN1C2. The summed E-state index contributed by atoms with van der Waals surface area (Å²) in [6.07, 6.45) is 3.61. The molecule has 76 valence electrons. The Kier molecular flexibility index (Phi) is 2.86. The first-order valence-corrected chi connectivity index (χ1v) is 5.41. The second-order valence-electron chi connectivity index (χ2n) is 4.38. The number of fused-ring (bicyclic) bond motifs is 2. The molecule has 13 heavy (non-hydrogen) atoms. The van der Waals surface area contributed by atoms with Gasteiger partial charge in [0, 0.05) is 25.7 Å². The molecule has 0 saturated carbocycles. The molecule has 2 aliphatic rings. The van der Waals surface area contributed by atoms with Crippen LogP contribution in [0.3, 0.4) is 0 Å². The van der Waals surface area contributed by atoms with Gasteiger partial charge in [-0.1, -0.05) is 0 Å². The summed E-state index contributed by atoms with van der Waals surface area (Å²) in [4.78, 5) is 2.52. The molecular weight excluding hydrogens is 164 g/mol. The van der Waals surface area contributed by atoms with Crippen molar-refractivity contribution in [1.29, 1.82) is 0 Å². The third-order valence-corrected chi connectivity index (χ3v) is 3.76. The van der Waals surface area contributed by atoms with Crippen LogP contribution in [0.25, 0.3) is 0 Å². The lowest BCUT2D eigenvalue weighted by atomic mass is 9.85. The molecule has 3 heteroatoms. The third kappa shape index (κ3) is 1.60. The van der Waals surface area contributed by atoms with Crippen molar-refractivity contribution in [3.05, 3.63) is 0 Å². The zero-order chi connectivity index (χ0) is 9.26. The molecule has 4 unspecified atom stereocenters. The maximum atomic E-state index is 9.00. The third-order valence-electron chi connectivity index (χ3n) is 3.76. The summed E-state index contributed by atoms with van der Waals surface area (Å²) in [6.45, 7) is 3.54. The van der Waals surface area contributed by atoms with Gasteiger partial charge >= 0.3 is 0 Å². The van der Waals surface area contributed by atoms with Gasteiger partial charge in [-0.15, -0.1) is 0 Å². The molecule has 0 radical (unpaired) electrons. The van der Waals surface area contributed by atoms with Gasteiger partial charge in [0.25, 0.3) is 0 Å². The minimum atomic E-state index is 0.325. The Hall–Kier alpha value is -0.120. The summed E-state index contributed by atoms with van der Waals surface area (Å²) >= 11 is 0. The first-order chi connectivity index (χ1) is 6.36. The zero-order valence-electron chi connectivity index (χ0n) is 8.15. The Balaban J connectivity index is 2.05. The highest BCUT2D eigenvalue weighted by atomic mass is 16.3. The number of hydrogen-bond acceptors (Lipinski definition) is 3. The Morgan fingerprint density at radius 2 is 2.31 bits per heavy atom. The summed E-state index contributed by atoms with van der Waals surface area (Å²) in [5.74, 6) is 1.48. The first-order valence-electron chi connectivity index (χ1n) is 5.41. The predicted molar refractivity (Wildman–Crippen MR) is 52.3 cm³/mol. The minimum absolute atomic E-state index is 0.325. The smallest absolute Gasteiger partial charge is 0.0434 e. The monoisotopic (exact) mass is 184 g/mol. The second-order valence-corrected chi connectivity index (χ2v) is 4.38. The second kappa shape index (κ2) is 3.95. The highest BCUT2D eigenvalue weighted by Gasteiger charge is 2.42. The van der Waals surface area contributed by atoms with Crippen molar-refractivity contribution < 1.29 is 5.11 Å². The van der Waals surface area contributed by atoms with Crippen molar-refractivity contribution in [1.82, 2.24) is 4.90 Å². The maximum Gasteiger partial charge on any atom is 0.0434 e. The lowest BCUT2D eigenvalue weighted by Gasteiger charge is -2.25. The predicted octanol–water partition coefficient (Wildman–Crippen LogP) is 0.0379. The molecule has 0 amide bonds. The fourth-order valence-corrected chi connectivity index (χ4v) is 3.18. The van der Waals surface area contributed by atoms with Gasteiger partial charge in [-0.25, -0.2) is 0 Å². The van der Waals surface area contributed by atoms with Crippen molar-refractivity contribution >= 4 is 0 Å². The normalized spacial score (nSPS) is 43.8. The van der Waals surface area contributed by atoms with E-state index in [0.29, 0.717) is 18.6 Å². The van der Waals surface area contributed by atoms with Crippen LogP contribution in [0.4, 0.5) is 0 Å². The van der Waals surface area contributed by atoms with Gasteiger partial charge in [-0.3, -0.25) is 4.90 Å². The van der Waals surface area contributed by atoms with Crippen LogP contribution in [0.1, 0.15) is 19.3 Å². The molecule has 2 heterocycles. The van der Waals surface area contributed by atoms with E-state index in [2.05, 4.69) is 4.90 Å². The molecule has 2 bridgehead atoms. The highest BCUT2D eigenvalue weighted by Crippen LogP contribution is 2.38. The average Bonchev–Trinajstić information content (AvgIpc) is 2.39. The summed E-state index contributed by atoms with van der Waals surface area (Å²) in [6, 6.07) is 0.555. The highest BCUT2D eigenvalue weighted by molar-refractivity contribution is 4.96. The van der Waals surface area contributed by atoms with E-state index in [1.165, 1.54) is 25.9 Å². The lowest BCUT2D eigenvalue weighted by molar-refractivity contribution is 0.204. The largest absolute Gasteiger partial charge is 0.396 e. The van der Waals surface area contributed by atoms with Crippen LogP contribution in [-0.2, 0) is 0 Å². The van der Waals surface area contributed by atoms with E-state index >= 15 is 0 Å². The van der Waals surface area contributed by atoms with Crippen molar-refractivity contribution in [3.63, 3.8) is 0 Å². The Bertz CT molecular complexity index is 174. The Labute approximate surface area is 79.9 Å². The van der Waals surface area contributed by atoms with Crippen LogP contribution in [0.5, 0.6) is 0 Å². The summed E-state index contributed by atoms with van der Waals surface area (Å²) in [5.41, 5.74) is 5.79. The van der Waals surface area contributed by atoms with Gasteiger partial charge in [-0.05, 0) is 37.6 Å². The summed E-state index contributed by atoms with van der Waals surface area (Å²) < 4.78 is 0. The molecule has 0 aliphatic carbocycles. The van der Waals surface area contributed by atoms with Crippen LogP contribution in [0.2, 0.25) is 0 Å². The Morgan fingerprint density at radius 1 is 1.46 bits per heavy atom. The fourth-order valence-electron chi connectivity index (χ4n) is 3.18. The zero-order valence-corrected chi connectivity index (χ0v) is 8.15. The molecule has 0 spiro atoms. The van der Waals surface area contributed by atoms with Crippen LogP contribution in [0.15, 0.2) is 0 Å². The summed E-state index contributed by atoms with van der Waals surface area (Å²) in [5, 5.41) is 9.00. The van der Waals surface area contributed by atoms with E-state index in [1.807, 2.05) is 0 Å². The molecule has 2 rings (SSSR count). The molecule has 4 atom stereocenters. The average molecular weight is 184 g/mol. The number of nitrogens with zero attached hydrogens (tertiary/aromatic N) is 1. The first kappa shape index (κ1) is 9.44. The van der Waals surface area contributed by atoms with E-state index in [9.17, 15) is 0 Å². The standard InChI is InChI=1S/C10H20N2O/c11-6-10-9(3-5-13)8-2-1-4-12(10)7-8/h8-10,13H,1-7,11H2. The van der Waals surface area contributed by atoms with E-state index in [0.717, 1.165) is 18.9 Å². The van der Waals surface area contributed by atoms with Gasteiger partial charge in [0.1, 0.15) is 0 Å². The van der Waals surface area contributed by atoms with Gasteiger partial charge in [0.2, 0.25) is 0 Å². The lowest BCUT2D eigenvalue weighted by Crippen LogP contribution is -2.39. The number of nitrogens with two attached hydrogens (primary N) is 1. The molecule has 0 aromatic heterocycles. The van der Waals surface area contributed by atoms with Crippen molar-refractivity contribution in [3.8, 4) is 0 Å². The van der Waals surface area contributed by atoms with Gasteiger partial charge < -0.3 is 10.8 Å². The Morgan fingerprint density at radius 3 is 3.00 bits per heavy atom. The molecule has 0 aromatic rings. The number of rotatable bonds is 3. The van der Waals surface area contributed by atoms with Crippen LogP contribution < -0.4 is 5.73 Å². The topological polar surface area (TPSA) is 49.5 Å². The molecule has 0 aromatic carbocycles. The van der Waals surface area contributed by atoms with E-state index in [1.54, 1.807) is 0 Å². The van der Waals surface area contributed by atoms with Crippen molar-refractivity contribution in [2.45, 2.75) is 25.3 Å². The number of aliphatic hydroxyl groups is 1. The molecular formula is C10H20N2O. The maximum absolute atomic E-state index is 9.00. The van der Waals surface area contributed by atoms with Crippen molar-refractivity contribution in [2.24, 2.45) is 17.6 Å². The molecule has 2 aliphatic heterocycles. The summed E-state index contributed by atoms with van der Waals surface area (Å²) in [7, 11) is 0. The van der Waals surface area contributed by atoms with Gasteiger partial charge in [0.05, 0.1) is 0 Å². The van der Waals surface area contributed by atoms with Crippen molar-refractivity contribution in [2.75, 3.05) is 26.2 Å². The van der Waals surface area contributed by atoms with Gasteiger partial charge in [0.15, 0.2) is 0 Å². The quantitative estimate of drug-likeness (QED) is 0.651. The van der Waals surface area contributed by atoms with Crippen LogP contribution >= 0.6 is 0 Å². The molecule has 3 nitrogen and oxygen atoms in total. The number of aliphatic hydroxyl groups excluding tert-OH is 1. The number of hydrogen-bond donors (Lipinski definition) is 2. The van der Waals surface area contributed by atoms with E-state index < -0.39 is 0 Å². The molecule has 3 N–H and O–H groups in total. The van der Waals surface area contributed by atoms with E-state index in [-0.39, 0.29) is 0 Å². The molecule has 2 fully saturated rings. The van der Waals surface area contributed by atoms with E-state index in [4.69, 9.17) is 10.8 Å². The number of piperidine rings is 1. The molecule has 2 saturated heterocycles. The van der Waals surface area contributed by atoms with Crippen LogP contribution in [-0.4, -0.2) is 42.3 Å². The van der Waals surface area contributed by atoms with Gasteiger partial charge in [-0.2, -0.15) is 0 Å². The van der Waals surface area contributed by atoms with Crippen LogP contribution in [0, 0.1) is 11.8 Å². The minimum Gasteiger partial charge on any atom is -0.396 e.